The quantitative estimate of drug-likeness (QED) is 0.0905. The first kappa shape index (κ1) is 59.2. The molecule has 1 spiro atoms. The van der Waals surface area contributed by atoms with Crippen LogP contribution in [0.1, 0.15) is 73.4 Å². The van der Waals surface area contributed by atoms with Crippen LogP contribution in [-0.4, -0.2) is 19.8 Å². The van der Waals surface area contributed by atoms with Crippen molar-refractivity contribution in [3.05, 3.63) is 300 Å². The number of fused-ring (bicyclic) bond motifs is 5. The van der Waals surface area contributed by atoms with Gasteiger partial charge in [-0.2, -0.15) is 0 Å². The highest BCUT2D eigenvalue weighted by atomic mass is 14.6. The third-order valence-corrected chi connectivity index (χ3v) is 12.4. The summed E-state index contributed by atoms with van der Waals surface area (Å²) in [4.78, 5) is 3.76. The maximum absolute atomic E-state index is 5.20. The maximum atomic E-state index is 5.20. The van der Waals surface area contributed by atoms with Gasteiger partial charge < -0.3 is 11.5 Å². The molecule has 7 aromatic carbocycles. The van der Waals surface area contributed by atoms with Gasteiger partial charge in [0.2, 0.25) is 0 Å². The minimum atomic E-state index is -0.252. The fraction of sp³-hybridized carbons (Fsp3) is 0.153. The molecule has 7 aromatic rings. The topological polar surface area (TPSA) is 64.4 Å². The molecular formula is C72H79N3. The smallest absolute Gasteiger partial charge is 0.0284 e. The molecule has 0 heterocycles. The van der Waals surface area contributed by atoms with Crippen molar-refractivity contribution < 1.29 is 0 Å². The van der Waals surface area contributed by atoms with E-state index in [-0.39, 0.29) is 5.41 Å². The second-order valence-corrected chi connectivity index (χ2v) is 17.5. The molecule has 2 aliphatic carbocycles. The number of rotatable bonds is 8. The molecule has 3 nitrogen and oxygen atoms in total. The molecule has 1 unspecified atom stereocenters. The second kappa shape index (κ2) is 33.4. The Labute approximate surface area is 450 Å². The number of nitrogens with two attached hydrogens (primary N) is 2. The van der Waals surface area contributed by atoms with E-state index in [1.54, 1.807) is 19.3 Å². The summed E-state index contributed by atoms with van der Waals surface area (Å²) in [6.45, 7) is 21.6. The van der Waals surface area contributed by atoms with Gasteiger partial charge in [0.15, 0.2) is 0 Å². The Morgan fingerprint density at radius 3 is 1.76 bits per heavy atom. The molecule has 0 aromatic heterocycles. The molecule has 4 N–H and O–H groups in total. The van der Waals surface area contributed by atoms with Gasteiger partial charge in [-0.1, -0.05) is 244 Å². The fourth-order valence-electron chi connectivity index (χ4n) is 8.80. The highest BCUT2D eigenvalue weighted by Gasteiger charge is 2.36. The molecule has 1 atom stereocenters. The summed E-state index contributed by atoms with van der Waals surface area (Å²) in [7, 11) is 1.75. The van der Waals surface area contributed by atoms with Gasteiger partial charge in [0.05, 0.1) is 0 Å². The summed E-state index contributed by atoms with van der Waals surface area (Å²) in [5.41, 5.74) is 26.1. The third-order valence-electron chi connectivity index (χ3n) is 12.4. The van der Waals surface area contributed by atoms with Crippen molar-refractivity contribution >= 4 is 30.0 Å². The van der Waals surface area contributed by atoms with Crippen LogP contribution in [0.25, 0.3) is 57.2 Å². The number of hydrogen-bond donors (Lipinski definition) is 2. The van der Waals surface area contributed by atoms with E-state index < -0.39 is 0 Å². The Morgan fingerprint density at radius 1 is 0.573 bits per heavy atom. The molecule has 0 radical (unpaired) electrons. The Morgan fingerprint density at radius 2 is 1.16 bits per heavy atom. The van der Waals surface area contributed by atoms with Gasteiger partial charge in [0.1, 0.15) is 0 Å². The second-order valence-electron chi connectivity index (χ2n) is 17.5. The Bertz CT molecular complexity index is 3180. The zero-order chi connectivity index (χ0) is 54.1. The predicted octanol–water partition coefficient (Wildman–Crippen LogP) is 16.9. The zero-order valence-corrected chi connectivity index (χ0v) is 45.4. The number of allylic oxidation sites excluding steroid dienone is 10. The first-order chi connectivity index (χ1) is 36.8. The summed E-state index contributed by atoms with van der Waals surface area (Å²) in [5, 5.41) is 2.46. The largest absolute Gasteiger partial charge is 0.405 e. The normalized spacial score (nSPS) is 15.9. The standard InChI is InChI=1S/C48H38.C7H11N.C7H8.C6H12N2.C2H6.C2H4/c1-34-13-10-18-38(29-34)40-19-11-20-41(31-40)42-21-12-22-43(32-42)44-24-25-47-45(33-44)35(2)30-39-17-6-5-14-36(39)26-28-48(47)27-9-3-4-15-37-16-7-8-23-46(37)48;1-3-4-5-6-7-8-2;1-7-5-3-2-4-6-7;7-5-3-1-2-4-6-8;2*1-2/h3-26,29-33H,2,27-28H2,1H3;3-7H,1-2H3;2-6H,1H3;1-3,5H,4,6-8H2;1-2H3;1-2H2/b9-3-,15-4-,36-26-,39-30-;4-3-,6-5-,8-7?;;2-1-,5-3+;;. The first-order valence-corrected chi connectivity index (χ1v) is 26.1. The summed E-state index contributed by atoms with van der Waals surface area (Å²) in [6, 6.07) is 61.5. The lowest BCUT2D eigenvalue weighted by Crippen LogP contribution is -2.30. The van der Waals surface area contributed by atoms with E-state index in [0.29, 0.717) is 6.54 Å². The van der Waals surface area contributed by atoms with Crippen LogP contribution in [0.4, 0.5) is 0 Å². The van der Waals surface area contributed by atoms with Crippen LogP contribution in [0.2, 0.25) is 0 Å². The molecule has 382 valence electrons. The molecule has 0 amide bonds. The van der Waals surface area contributed by atoms with Gasteiger partial charge in [0, 0.05) is 18.7 Å². The Kier molecular flexibility index (Phi) is 26.3. The number of aryl methyl sites for hydroxylation is 2. The van der Waals surface area contributed by atoms with Crippen molar-refractivity contribution in [1.82, 2.24) is 0 Å². The molecular weight excluding hydrogens is 907 g/mol. The summed E-state index contributed by atoms with van der Waals surface area (Å²) in [6.07, 6.45) is 33.0. The average Bonchev–Trinajstić information content (AvgIpc) is 3.52. The summed E-state index contributed by atoms with van der Waals surface area (Å²) < 4.78 is 0. The lowest BCUT2D eigenvalue weighted by Gasteiger charge is -2.37. The predicted molar refractivity (Wildman–Crippen MR) is 334 cm³/mol. The molecule has 0 fully saturated rings. The van der Waals surface area contributed by atoms with Crippen molar-refractivity contribution in [3.63, 3.8) is 0 Å². The number of hydrogen-bond acceptors (Lipinski definition) is 3. The molecule has 2 aliphatic rings. The Balaban J connectivity index is 0.000000371. The van der Waals surface area contributed by atoms with Crippen LogP contribution in [0.5, 0.6) is 0 Å². The molecule has 75 heavy (non-hydrogen) atoms. The van der Waals surface area contributed by atoms with E-state index in [2.05, 4.69) is 220 Å². The van der Waals surface area contributed by atoms with Gasteiger partial charge in [-0.05, 0) is 161 Å². The average molecular weight is 986 g/mol. The van der Waals surface area contributed by atoms with Crippen molar-refractivity contribution in [2.75, 3.05) is 13.6 Å². The van der Waals surface area contributed by atoms with E-state index in [9.17, 15) is 0 Å². The number of nitrogens with zero attached hydrogens (tertiary/aromatic N) is 1. The van der Waals surface area contributed by atoms with Crippen molar-refractivity contribution in [3.8, 4) is 33.4 Å². The molecule has 3 heteroatoms. The zero-order valence-electron chi connectivity index (χ0n) is 45.4. The van der Waals surface area contributed by atoms with Crippen LogP contribution in [0, 0.1) is 13.8 Å². The fourth-order valence-corrected chi connectivity index (χ4v) is 8.80. The van der Waals surface area contributed by atoms with E-state index in [1.165, 1.54) is 83.4 Å². The van der Waals surface area contributed by atoms with E-state index >= 15 is 0 Å². The monoisotopic (exact) mass is 986 g/mol. The summed E-state index contributed by atoms with van der Waals surface area (Å²) in [5.74, 6) is 0. The molecule has 0 saturated heterocycles. The lowest BCUT2D eigenvalue weighted by molar-refractivity contribution is 0.538. The van der Waals surface area contributed by atoms with Gasteiger partial charge in [0.25, 0.3) is 0 Å². The van der Waals surface area contributed by atoms with Gasteiger partial charge >= 0.3 is 0 Å². The van der Waals surface area contributed by atoms with Crippen LogP contribution < -0.4 is 21.9 Å². The van der Waals surface area contributed by atoms with Crippen molar-refractivity contribution in [1.29, 1.82) is 0 Å². The van der Waals surface area contributed by atoms with Crippen molar-refractivity contribution in [2.45, 2.75) is 59.3 Å². The maximum Gasteiger partial charge on any atom is 0.0284 e. The number of benzene rings is 7. The SMILES string of the molecule is C/C=C\C=C/C=NC.C=C.C=C1/C=c2/cccc/c2=C/CC2(C/C=C\C=C/c3ccccc32)c2ccc(-c3cccc(-c4cccc(-c5cccc(C)c5)c4)c3)cc21.CC.Cc1ccccc1.N/C=C/C=C\CCN. The molecule has 0 saturated carbocycles. The number of aliphatic imine (C=N–C) groups is 1. The Hall–Kier alpha value is -8.37. The van der Waals surface area contributed by atoms with Crippen LogP contribution in [0.3, 0.4) is 0 Å². The van der Waals surface area contributed by atoms with E-state index in [0.717, 1.165) is 24.8 Å². The van der Waals surface area contributed by atoms with Crippen molar-refractivity contribution in [2.24, 2.45) is 16.5 Å². The summed E-state index contributed by atoms with van der Waals surface area (Å²) >= 11 is 0. The molecule has 9 rings (SSSR count). The van der Waals surface area contributed by atoms with E-state index in [1.807, 2.05) is 75.4 Å². The van der Waals surface area contributed by atoms with E-state index in [4.69, 9.17) is 18.0 Å². The first-order valence-electron chi connectivity index (χ1n) is 26.1. The minimum Gasteiger partial charge on any atom is -0.405 e. The van der Waals surface area contributed by atoms with Crippen LogP contribution in [0.15, 0.2) is 262 Å². The minimum absolute atomic E-state index is 0.252. The highest BCUT2D eigenvalue weighted by Crippen LogP contribution is 2.46. The van der Waals surface area contributed by atoms with Gasteiger partial charge in [-0.15, -0.1) is 13.2 Å². The highest BCUT2D eigenvalue weighted by molar-refractivity contribution is 5.91. The third kappa shape index (κ3) is 18.0. The van der Waals surface area contributed by atoms with Crippen LogP contribution in [-0.2, 0) is 5.41 Å². The van der Waals surface area contributed by atoms with Gasteiger partial charge in [-0.25, -0.2) is 0 Å². The molecule has 0 aliphatic heterocycles. The molecule has 0 bridgehead atoms. The van der Waals surface area contributed by atoms with Crippen LogP contribution >= 0.6 is 0 Å². The van der Waals surface area contributed by atoms with Gasteiger partial charge in [-0.3, -0.25) is 4.99 Å². The lowest BCUT2D eigenvalue weighted by atomic mass is 9.65.